The zero-order valence-corrected chi connectivity index (χ0v) is 7.42. The highest BCUT2D eigenvalue weighted by molar-refractivity contribution is 5.29. The van der Waals surface area contributed by atoms with Gasteiger partial charge in [-0.25, -0.2) is 4.39 Å². The molecule has 0 saturated heterocycles. The third-order valence-corrected chi connectivity index (χ3v) is 1.95. The Morgan fingerprint density at radius 1 is 1.62 bits per heavy atom. The van der Waals surface area contributed by atoms with Crippen molar-refractivity contribution in [1.29, 1.82) is 5.26 Å². The summed E-state index contributed by atoms with van der Waals surface area (Å²) in [4.78, 5) is 0. The first-order valence-corrected chi connectivity index (χ1v) is 4.03. The minimum Gasteiger partial charge on any atom is -0.323 e. The van der Waals surface area contributed by atoms with E-state index in [9.17, 15) is 4.39 Å². The van der Waals surface area contributed by atoms with Gasteiger partial charge in [0.2, 0.25) is 0 Å². The lowest BCUT2D eigenvalue weighted by Gasteiger charge is -2.10. The lowest BCUT2D eigenvalue weighted by molar-refractivity contribution is 0.619. The molecular weight excluding hydrogens is 167 g/mol. The van der Waals surface area contributed by atoms with Crippen LogP contribution in [0.25, 0.3) is 0 Å². The number of rotatable bonds is 2. The summed E-state index contributed by atoms with van der Waals surface area (Å²) in [6.45, 7) is 1.85. The SMILES string of the molecule is Cc1ccc(F)cc1[C@@H](N)CC#N. The van der Waals surface area contributed by atoms with Crippen LogP contribution in [0.4, 0.5) is 4.39 Å². The molecule has 68 valence electrons. The van der Waals surface area contributed by atoms with Crippen molar-refractivity contribution in [2.24, 2.45) is 5.73 Å². The summed E-state index contributed by atoms with van der Waals surface area (Å²) < 4.78 is 12.8. The molecule has 0 unspecified atom stereocenters. The van der Waals surface area contributed by atoms with Gasteiger partial charge < -0.3 is 5.73 Å². The summed E-state index contributed by atoms with van der Waals surface area (Å²) >= 11 is 0. The van der Waals surface area contributed by atoms with E-state index >= 15 is 0 Å². The number of aryl methyl sites for hydroxylation is 1. The molecule has 0 spiro atoms. The highest BCUT2D eigenvalue weighted by Gasteiger charge is 2.08. The first-order valence-electron chi connectivity index (χ1n) is 4.03. The van der Waals surface area contributed by atoms with Crippen molar-refractivity contribution >= 4 is 0 Å². The molecule has 0 radical (unpaired) electrons. The molecular formula is C10H11FN2. The van der Waals surface area contributed by atoms with Crippen LogP contribution in [-0.4, -0.2) is 0 Å². The molecule has 0 aromatic heterocycles. The molecule has 2 N–H and O–H groups in total. The summed E-state index contributed by atoms with van der Waals surface area (Å²) in [5, 5.41) is 8.43. The third kappa shape index (κ3) is 2.27. The monoisotopic (exact) mass is 178 g/mol. The summed E-state index contributed by atoms with van der Waals surface area (Å²) in [6, 6.07) is 6.02. The van der Waals surface area contributed by atoms with Crippen LogP contribution in [0.3, 0.4) is 0 Å². The summed E-state index contributed by atoms with van der Waals surface area (Å²) in [5.74, 6) is -0.311. The first kappa shape index (κ1) is 9.69. The van der Waals surface area contributed by atoms with Gasteiger partial charge in [-0.05, 0) is 30.2 Å². The molecule has 0 amide bonds. The number of benzene rings is 1. The minimum atomic E-state index is -0.388. The standard InChI is InChI=1S/C10H11FN2/c1-7-2-3-8(11)6-9(7)10(13)4-5-12/h2-3,6,10H,4,13H2,1H3/t10-/m0/s1. The van der Waals surface area contributed by atoms with Crippen molar-refractivity contribution in [1.82, 2.24) is 0 Å². The minimum absolute atomic E-state index is 0.213. The molecule has 13 heavy (non-hydrogen) atoms. The van der Waals surface area contributed by atoms with Gasteiger partial charge in [0, 0.05) is 6.04 Å². The molecule has 1 rings (SSSR count). The number of nitrogens with two attached hydrogens (primary N) is 1. The molecule has 1 aromatic carbocycles. The maximum absolute atomic E-state index is 12.8. The predicted molar refractivity (Wildman–Crippen MR) is 48.3 cm³/mol. The highest BCUT2D eigenvalue weighted by atomic mass is 19.1. The molecule has 3 heteroatoms. The van der Waals surface area contributed by atoms with Gasteiger partial charge in [-0.15, -0.1) is 0 Å². The topological polar surface area (TPSA) is 49.8 Å². The lowest BCUT2D eigenvalue weighted by atomic mass is 10.00. The van der Waals surface area contributed by atoms with Gasteiger partial charge in [-0.2, -0.15) is 5.26 Å². The number of nitrogens with zero attached hydrogens (tertiary/aromatic N) is 1. The Bertz CT molecular complexity index is 341. The van der Waals surface area contributed by atoms with Gasteiger partial charge in [-0.3, -0.25) is 0 Å². The van der Waals surface area contributed by atoms with Gasteiger partial charge in [0.15, 0.2) is 0 Å². The second-order valence-corrected chi connectivity index (χ2v) is 2.97. The quantitative estimate of drug-likeness (QED) is 0.753. The molecule has 0 aliphatic carbocycles. The van der Waals surface area contributed by atoms with Crippen molar-refractivity contribution in [2.45, 2.75) is 19.4 Å². The number of hydrogen-bond acceptors (Lipinski definition) is 2. The van der Waals surface area contributed by atoms with E-state index in [1.165, 1.54) is 12.1 Å². The summed E-state index contributed by atoms with van der Waals surface area (Å²) in [7, 11) is 0. The van der Waals surface area contributed by atoms with Crippen LogP contribution in [0.5, 0.6) is 0 Å². The largest absolute Gasteiger partial charge is 0.323 e. The number of hydrogen-bond donors (Lipinski definition) is 1. The molecule has 0 aliphatic rings. The molecule has 0 fully saturated rings. The van der Waals surface area contributed by atoms with Crippen LogP contribution in [0, 0.1) is 24.1 Å². The molecule has 0 bridgehead atoms. The Morgan fingerprint density at radius 2 is 2.31 bits per heavy atom. The highest BCUT2D eigenvalue weighted by Crippen LogP contribution is 2.18. The van der Waals surface area contributed by atoms with E-state index in [4.69, 9.17) is 11.0 Å². The van der Waals surface area contributed by atoms with E-state index in [0.29, 0.717) is 5.56 Å². The van der Waals surface area contributed by atoms with Crippen molar-refractivity contribution < 1.29 is 4.39 Å². The van der Waals surface area contributed by atoms with E-state index in [1.807, 2.05) is 13.0 Å². The molecule has 1 aromatic rings. The van der Waals surface area contributed by atoms with Crippen LogP contribution in [-0.2, 0) is 0 Å². The molecule has 0 saturated carbocycles. The molecule has 0 aliphatic heterocycles. The van der Waals surface area contributed by atoms with Gasteiger partial charge in [0.05, 0.1) is 12.5 Å². The lowest BCUT2D eigenvalue weighted by Crippen LogP contribution is -2.11. The van der Waals surface area contributed by atoms with Crippen LogP contribution in [0.1, 0.15) is 23.6 Å². The first-order chi connectivity index (χ1) is 6.15. The van der Waals surface area contributed by atoms with Crippen molar-refractivity contribution in [3.63, 3.8) is 0 Å². The van der Waals surface area contributed by atoms with E-state index in [2.05, 4.69) is 0 Å². The van der Waals surface area contributed by atoms with Gasteiger partial charge in [0.25, 0.3) is 0 Å². The Morgan fingerprint density at radius 3 is 2.92 bits per heavy atom. The number of halogens is 1. The van der Waals surface area contributed by atoms with Crippen molar-refractivity contribution in [3.05, 3.63) is 35.1 Å². The Kier molecular flexibility index (Phi) is 2.99. The van der Waals surface area contributed by atoms with E-state index < -0.39 is 0 Å². The summed E-state index contributed by atoms with van der Waals surface area (Å²) in [5.41, 5.74) is 7.32. The Labute approximate surface area is 76.8 Å². The zero-order chi connectivity index (χ0) is 9.84. The van der Waals surface area contributed by atoms with Gasteiger partial charge in [-0.1, -0.05) is 6.07 Å². The van der Waals surface area contributed by atoms with E-state index in [0.717, 1.165) is 5.56 Å². The maximum atomic E-state index is 12.8. The van der Waals surface area contributed by atoms with Crippen LogP contribution >= 0.6 is 0 Å². The zero-order valence-electron chi connectivity index (χ0n) is 7.42. The smallest absolute Gasteiger partial charge is 0.123 e. The van der Waals surface area contributed by atoms with Crippen molar-refractivity contribution in [2.75, 3.05) is 0 Å². The fourth-order valence-electron chi connectivity index (χ4n) is 1.22. The summed E-state index contributed by atoms with van der Waals surface area (Å²) in [6.07, 6.45) is 0.213. The van der Waals surface area contributed by atoms with Crippen LogP contribution < -0.4 is 5.73 Å². The maximum Gasteiger partial charge on any atom is 0.123 e. The van der Waals surface area contributed by atoms with E-state index in [1.54, 1.807) is 6.07 Å². The predicted octanol–water partition coefficient (Wildman–Crippen LogP) is 2.05. The second kappa shape index (κ2) is 4.01. The average Bonchev–Trinajstić information content (AvgIpc) is 2.09. The molecule has 2 nitrogen and oxygen atoms in total. The second-order valence-electron chi connectivity index (χ2n) is 2.97. The Hall–Kier alpha value is -1.40. The fraction of sp³-hybridized carbons (Fsp3) is 0.300. The fourth-order valence-corrected chi connectivity index (χ4v) is 1.22. The molecule has 0 heterocycles. The van der Waals surface area contributed by atoms with Gasteiger partial charge >= 0.3 is 0 Å². The molecule has 1 atom stereocenters. The number of nitriles is 1. The third-order valence-electron chi connectivity index (χ3n) is 1.95. The average molecular weight is 178 g/mol. The van der Waals surface area contributed by atoms with E-state index in [-0.39, 0.29) is 18.3 Å². The Balaban J connectivity index is 3.00. The van der Waals surface area contributed by atoms with Gasteiger partial charge in [0.1, 0.15) is 5.82 Å². The normalized spacial score (nSPS) is 12.2. The van der Waals surface area contributed by atoms with Crippen LogP contribution in [0.2, 0.25) is 0 Å². The van der Waals surface area contributed by atoms with Crippen molar-refractivity contribution in [3.8, 4) is 6.07 Å². The van der Waals surface area contributed by atoms with Crippen LogP contribution in [0.15, 0.2) is 18.2 Å².